The van der Waals surface area contributed by atoms with E-state index >= 15 is 0 Å². The fraction of sp³-hybridized carbons (Fsp3) is 0.941. The van der Waals surface area contributed by atoms with Gasteiger partial charge in [0.2, 0.25) is 0 Å². The van der Waals surface area contributed by atoms with Gasteiger partial charge in [-0.2, -0.15) is 0 Å². The molecule has 0 amide bonds. The molecule has 1 unspecified atom stereocenters. The molecule has 0 aliphatic rings. The summed E-state index contributed by atoms with van der Waals surface area (Å²) in [6.07, 6.45) is 43.8. The lowest BCUT2D eigenvalue weighted by atomic mass is 9.99. The summed E-state index contributed by atoms with van der Waals surface area (Å²) in [7, 11) is 0. The van der Waals surface area contributed by atoms with Crippen molar-refractivity contribution in [2.75, 3.05) is 13.2 Å². The van der Waals surface area contributed by atoms with Gasteiger partial charge in [-0.25, -0.2) is 0 Å². The molecule has 0 aromatic rings. The first kappa shape index (κ1) is 55.4. The lowest BCUT2D eigenvalue weighted by Crippen LogP contribution is -2.30. The minimum atomic E-state index is -0.760. The molecule has 0 aromatic carbocycles. The molecule has 0 bridgehead atoms. The van der Waals surface area contributed by atoms with Crippen LogP contribution in [0.2, 0.25) is 0 Å². The molecule has 0 saturated carbocycles. The highest BCUT2D eigenvalue weighted by Crippen LogP contribution is 2.18. The number of unbranched alkanes of at least 4 members (excludes halogenated alkanes) is 29. The summed E-state index contributed by atoms with van der Waals surface area (Å²) in [6.45, 7) is 11.4. The lowest BCUT2D eigenvalue weighted by Gasteiger charge is -2.18. The van der Waals surface area contributed by atoms with E-state index in [2.05, 4.69) is 34.6 Å². The summed E-state index contributed by atoms with van der Waals surface area (Å²) in [5.41, 5.74) is 0. The van der Waals surface area contributed by atoms with Gasteiger partial charge in [0.25, 0.3) is 0 Å². The summed E-state index contributed by atoms with van der Waals surface area (Å²) in [6, 6.07) is 0. The molecule has 0 aliphatic heterocycles. The summed E-state index contributed by atoms with van der Waals surface area (Å²) in [5, 5.41) is 0. The van der Waals surface area contributed by atoms with Crippen molar-refractivity contribution < 1.29 is 28.6 Å². The van der Waals surface area contributed by atoms with Crippen LogP contribution in [0.25, 0.3) is 0 Å². The van der Waals surface area contributed by atoms with Gasteiger partial charge >= 0.3 is 17.9 Å². The predicted octanol–water partition coefficient (Wildman–Crippen LogP) is 16.1. The van der Waals surface area contributed by atoms with Crippen LogP contribution in [0.3, 0.4) is 0 Å². The first-order valence-electron chi connectivity index (χ1n) is 25.3. The number of carbonyl (C=O) groups excluding carboxylic acids is 3. The maximum absolute atomic E-state index is 12.6. The normalized spacial score (nSPS) is 12.5. The number of rotatable bonds is 45. The number of carbonyl (C=O) groups is 3. The number of esters is 3. The van der Waals surface area contributed by atoms with Crippen LogP contribution in [0.1, 0.15) is 279 Å². The monoisotopic (exact) mass is 807 g/mol. The molecule has 0 heterocycles. The summed E-state index contributed by atoms with van der Waals surface area (Å²) < 4.78 is 16.7. The molecule has 0 fully saturated rings. The fourth-order valence-corrected chi connectivity index (χ4v) is 7.60. The third-order valence-electron chi connectivity index (χ3n) is 11.8. The van der Waals surface area contributed by atoms with Crippen molar-refractivity contribution in [1.29, 1.82) is 0 Å². The number of hydrogen-bond acceptors (Lipinski definition) is 6. The second-order valence-corrected chi connectivity index (χ2v) is 18.2. The molecule has 57 heavy (non-hydrogen) atoms. The topological polar surface area (TPSA) is 78.9 Å². The Kier molecular flexibility index (Phi) is 42.7. The van der Waals surface area contributed by atoms with Gasteiger partial charge in [-0.05, 0) is 31.1 Å². The summed E-state index contributed by atoms with van der Waals surface area (Å²) in [5.74, 6) is 0.866. The Bertz CT molecular complexity index is 872. The molecule has 6 heteroatoms. The van der Waals surface area contributed by atoms with Crippen molar-refractivity contribution in [3.05, 3.63) is 0 Å². The van der Waals surface area contributed by atoms with Crippen LogP contribution in [0.4, 0.5) is 0 Å². The van der Waals surface area contributed by atoms with Crippen molar-refractivity contribution in [2.24, 2.45) is 11.8 Å². The lowest BCUT2D eigenvalue weighted by molar-refractivity contribution is -0.167. The maximum atomic E-state index is 12.6. The van der Waals surface area contributed by atoms with Crippen LogP contribution in [-0.2, 0) is 28.6 Å². The highest BCUT2D eigenvalue weighted by molar-refractivity contribution is 5.71. The Morgan fingerprint density at radius 1 is 0.368 bits per heavy atom. The van der Waals surface area contributed by atoms with Crippen molar-refractivity contribution in [2.45, 2.75) is 285 Å². The summed E-state index contributed by atoms with van der Waals surface area (Å²) >= 11 is 0. The van der Waals surface area contributed by atoms with Gasteiger partial charge in [-0.3, -0.25) is 14.4 Å². The molecule has 0 radical (unpaired) electrons. The molecule has 0 rings (SSSR count). The average molecular weight is 807 g/mol. The SMILES string of the molecule is CCCCCCCCCC(=O)O[C@@H](COC(=O)CCCCCCCCCCCCCCCCC(C)CC)COC(=O)CCCCCCCCCCCCCC(C)C. The highest BCUT2D eigenvalue weighted by atomic mass is 16.6. The average Bonchev–Trinajstić information content (AvgIpc) is 3.19. The zero-order valence-corrected chi connectivity index (χ0v) is 39.0. The number of ether oxygens (including phenoxy) is 3. The zero-order valence-electron chi connectivity index (χ0n) is 39.0. The largest absolute Gasteiger partial charge is 0.462 e. The molecular weight excluding hydrogens is 709 g/mol. The van der Waals surface area contributed by atoms with E-state index in [4.69, 9.17) is 14.2 Å². The van der Waals surface area contributed by atoms with Gasteiger partial charge in [-0.1, -0.05) is 240 Å². The van der Waals surface area contributed by atoms with Gasteiger partial charge in [-0.15, -0.1) is 0 Å². The van der Waals surface area contributed by atoms with Gasteiger partial charge in [0, 0.05) is 19.3 Å². The second kappa shape index (κ2) is 44.0. The van der Waals surface area contributed by atoms with Crippen molar-refractivity contribution >= 4 is 17.9 Å². The van der Waals surface area contributed by atoms with Crippen LogP contribution >= 0.6 is 0 Å². The van der Waals surface area contributed by atoms with Crippen molar-refractivity contribution in [3.63, 3.8) is 0 Å². The first-order chi connectivity index (χ1) is 27.8. The van der Waals surface area contributed by atoms with Crippen LogP contribution < -0.4 is 0 Å². The van der Waals surface area contributed by atoms with E-state index in [-0.39, 0.29) is 31.1 Å². The van der Waals surface area contributed by atoms with E-state index in [1.807, 2.05) is 0 Å². The van der Waals surface area contributed by atoms with Crippen LogP contribution in [0, 0.1) is 11.8 Å². The van der Waals surface area contributed by atoms with E-state index in [1.165, 1.54) is 167 Å². The minimum Gasteiger partial charge on any atom is -0.462 e. The van der Waals surface area contributed by atoms with Gasteiger partial charge in [0.15, 0.2) is 6.10 Å². The van der Waals surface area contributed by atoms with Crippen LogP contribution in [0.5, 0.6) is 0 Å². The standard InChI is InChI=1S/C51H98O6/c1-6-8-9-10-24-33-38-43-51(54)57-48(45-56-50(53)42-37-32-28-23-19-15-16-20-25-29-34-39-46(3)4)44-55-49(52)41-36-31-27-22-18-14-12-11-13-17-21-26-30-35-40-47(5)7-2/h46-48H,6-45H2,1-5H3/t47?,48-/m0/s1. The summed E-state index contributed by atoms with van der Waals surface area (Å²) in [4.78, 5) is 37.7. The fourth-order valence-electron chi connectivity index (χ4n) is 7.60. The van der Waals surface area contributed by atoms with Gasteiger partial charge in [0.1, 0.15) is 13.2 Å². The molecule has 0 N–H and O–H groups in total. The molecule has 6 nitrogen and oxygen atoms in total. The van der Waals surface area contributed by atoms with E-state index in [9.17, 15) is 14.4 Å². The first-order valence-corrected chi connectivity index (χ1v) is 25.3. The molecular formula is C51H98O6. The Labute approximate surface area is 355 Å². The third kappa shape index (κ3) is 43.8. The molecule has 0 aromatic heterocycles. The molecule has 2 atom stereocenters. The van der Waals surface area contributed by atoms with Crippen LogP contribution in [0.15, 0.2) is 0 Å². The van der Waals surface area contributed by atoms with Crippen molar-refractivity contribution in [3.8, 4) is 0 Å². The van der Waals surface area contributed by atoms with E-state index in [0.29, 0.717) is 19.3 Å². The van der Waals surface area contributed by atoms with Crippen molar-refractivity contribution in [1.82, 2.24) is 0 Å². The third-order valence-corrected chi connectivity index (χ3v) is 11.8. The minimum absolute atomic E-state index is 0.0644. The quantitative estimate of drug-likeness (QED) is 0.0346. The van der Waals surface area contributed by atoms with E-state index in [0.717, 1.165) is 69.6 Å². The van der Waals surface area contributed by atoms with E-state index < -0.39 is 6.10 Å². The highest BCUT2D eigenvalue weighted by Gasteiger charge is 2.19. The smallest absolute Gasteiger partial charge is 0.306 e. The molecule has 0 spiro atoms. The predicted molar refractivity (Wildman–Crippen MR) is 243 cm³/mol. The Hall–Kier alpha value is -1.59. The molecule has 338 valence electrons. The molecule has 0 saturated heterocycles. The van der Waals surface area contributed by atoms with Crippen LogP contribution in [-0.4, -0.2) is 37.2 Å². The van der Waals surface area contributed by atoms with Gasteiger partial charge < -0.3 is 14.2 Å². The van der Waals surface area contributed by atoms with E-state index in [1.54, 1.807) is 0 Å². The Morgan fingerprint density at radius 2 is 0.667 bits per heavy atom. The second-order valence-electron chi connectivity index (χ2n) is 18.2. The maximum Gasteiger partial charge on any atom is 0.306 e. The van der Waals surface area contributed by atoms with Gasteiger partial charge in [0.05, 0.1) is 0 Å². The number of hydrogen-bond donors (Lipinski definition) is 0. The zero-order chi connectivity index (χ0) is 41.9. The molecule has 0 aliphatic carbocycles. The Balaban J connectivity index is 4.17. The Morgan fingerprint density at radius 3 is 1.00 bits per heavy atom.